The van der Waals surface area contributed by atoms with Gasteiger partial charge in [0.25, 0.3) is 0 Å². The number of nitrogens with two attached hydrogens (primary N) is 2. The molecular weight excluding hydrogens is 204 g/mol. The van der Waals surface area contributed by atoms with Crippen molar-refractivity contribution < 1.29 is 4.74 Å². The third-order valence-corrected chi connectivity index (χ3v) is 1.89. The summed E-state index contributed by atoms with van der Waals surface area (Å²) < 4.78 is 5.06. The second-order valence-electron chi connectivity index (χ2n) is 3.06. The first-order chi connectivity index (χ1) is 7.67. The molecule has 0 spiro atoms. The normalized spacial score (nSPS) is 11.0. The minimum absolute atomic E-state index is 0.00279. The van der Waals surface area contributed by atoms with Gasteiger partial charge in [-0.25, -0.2) is 0 Å². The molecule has 0 radical (unpaired) electrons. The van der Waals surface area contributed by atoms with Crippen LogP contribution >= 0.6 is 0 Å². The molecule has 86 valence electrons. The summed E-state index contributed by atoms with van der Waals surface area (Å²) in [5.74, 6) is 1.32. The number of nitrogens with zero attached hydrogens (tertiary/aromatic N) is 2. The average Bonchev–Trinajstić information content (AvgIpc) is 2.28. The number of amidine groups is 1. The van der Waals surface area contributed by atoms with Crippen LogP contribution in [0.25, 0.3) is 0 Å². The van der Waals surface area contributed by atoms with Crippen LogP contribution in [0, 0.1) is 0 Å². The second-order valence-corrected chi connectivity index (χ2v) is 3.06. The highest BCUT2D eigenvalue weighted by atomic mass is 16.5. The molecular formula is C11H16N4O. The monoisotopic (exact) mass is 220 g/mol. The SMILES string of the molecule is CCN=C(N=C(N)N)c1ccc(OC)cc1. The largest absolute Gasteiger partial charge is 0.497 e. The Balaban J connectivity index is 3.02. The molecule has 5 heteroatoms. The molecule has 0 atom stereocenters. The molecule has 0 unspecified atom stereocenters. The Morgan fingerprint density at radius 3 is 2.31 bits per heavy atom. The average molecular weight is 220 g/mol. The fraction of sp³-hybridized carbons (Fsp3) is 0.273. The molecule has 0 aliphatic rings. The van der Waals surface area contributed by atoms with E-state index >= 15 is 0 Å². The fourth-order valence-corrected chi connectivity index (χ4v) is 1.20. The van der Waals surface area contributed by atoms with Crippen LogP contribution in [0.15, 0.2) is 34.3 Å². The standard InChI is InChI=1S/C11H16N4O/c1-3-14-10(15-11(12)13)8-4-6-9(16-2)7-5-8/h4-7H,3H2,1-2H3,(H4,12,13,14,15). The second kappa shape index (κ2) is 5.75. The first kappa shape index (κ1) is 12.0. The summed E-state index contributed by atoms with van der Waals surface area (Å²) in [6.07, 6.45) is 0. The van der Waals surface area contributed by atoms with Crippen LogP contribution in [-0.4, -0.2) is 25.4 Å². The Labute approximate surface area is 94.8 Å². The molecule has 0 aromatic heterocycles. The summed E-state index contributed by atoms with van der Waals surface area (Å²) >= 11 is 0. The van der Waals surface area contributed by atoms with Crippen molar-refractivity contribution in [1.29, 1.82) is 0 Å². The lowest BCUT2D eigenvalue weighted by molar-refractivity contribution is 0.415. The number of guanidine groups is 1. The summed E-state index contributed by atoms with van der Waals surface area (Å²) in [6, 6.07) is 7.39. The van der Waals surface area contributed by atoms with Gasteiger partial charge in [0.2, 0.25) is 0 Å². The van der Waals surface area contributed by atoms with E-state index in [4.69, 9.17) is 16.2 Å². The lowest BCUT2D eigenvalue weighted by Gasteiger charge is -2.03. The van der Waals surface area contributed by atoms with Crippen molar-refractivity contribution in [1.82, 2.24) is 0 Å². The molecule has 0 saturated carbocycles. The van der Waals surface area contributed by atoms with E-state index in [1.54, 1.807) is 7.11 Å². The summed E-state index contributed by atoms with van der Waals surface area (Å²) in [5.41, 5.74) is 11.5. The van der Waals surface area contributed by atoms with Gasteiger partial charge in [-0.1, -0.05) is 0 Å². The quantitative estimate of drug-likeness (QED) is 0.581. The van der Waals surface area contributed by atoms with E-state index in [1.165, 1.54) is 0 Å². The molecule has 5 nitrogen and oxygen atoms in total. The van der Waals surface area contributed by atoms with E-state index < -0.39 is 0 Å². The molecule has 1 rings (SSSR count). The van der Waals surface area contributed by atoms with Gasteiger partial charge < -0.3 is 16.2 Å². The van der Waals surface area contributed by atoms with Crippen LogP contribution in [0.2, 0.25) is 0 Å². The van der Waals surface area contributed by atoms with Gasteiger partial charge in [-0.15, -0.1) is 0 Å². The van der Waals surface area contributed by atoms with Gasteiger partial charge in [-0.3, -0.25) is 4.99 Å². The zero-order valence-electron chi connectivity index (χ0n) is 9.47. The Morgan fingerprint density at radius 2 is 1.88 bits per heavy atom. The first-order valence-electron chi connectivity index (χ1n) is 4.96. The van der Waals surface area contributed by atoms with Gasteiger partial charge in [0.05, 0.1) is 7.11 Å². The molecule has 4 N–H and O–H groups in total. The number of hydrogen-bond acceptors (Lipinski definition) is 2. The number of hydrogen-bond donors (Lipinski definition) is 2. The molecule has 0 amide bonds. The molecule has 0 aliphatic carbocycles. The minimum Gasteiger partial charge on any atom is -0.497 e. The highest BCUT2D eigenvalue weighted by Gasteiger charge is 2.02. The highest BCUT2D eigenvalue weighted by molar-refractivity contribution is 6.05. The van der Waals surface area contributed by atoms with Gasteiger partial charge >= 0.3 is 0 Å². The zero-order chi connectivity index (χ0) is 12.0. The first-order valence-corrected chi connectivity index (χ1v) is 4.96. The Bertz CT molecular complexity index is 391. The highest BCUT2D eigenvalue weighted by Crippen LogP contribution is 2.12. The van der Waals surface area contributed by atoms with E-state index in [0.717, 1.165) is 11.3 Å². The van der Waals surface area contributed by atoms with Gasteiger partial charge in [0.1, 0.15) is 5.75 Å². The van der Waals surface area contributed by atoms with E-state index in [0.29, 0.717) is 12.4 Å². The number of rotatable bonds is 3. The van der Waals surface area contributed by atoms with Crippen molar-refractivity contribution in [2.75, 3.05) is 13.7 Å². The number of methoxy groups -OCH3 is 1. The fourth-order valence-electron chi connectivity index (χ4n) is 1.20. The molecule has 0 aliphatic heterocycles. The Morgan fingerprint density at radius 1 is 1.25 bits per heavy atom. The molecule has 0 heterocycles. The van der Waals surface area contributed by atoms with Crippen LogP contribution in [0.4, 0.5) is 0 Å². The smallest absolute Gasteiger partial charge is 0.192 e. The van der Waals surface area contributed by atoms with Crippen molar-refractivity contribution in [2.24, 2.45) is 21.5 Å². The van der Waals surface area contributed by atoms with Crippen LogP contribution < -0.4 is 16.2 Å². The van der Waals surface area contributed by atoms with Crippen molar-refractivity contribution >= 4 is 11.8 Å². The predicted octanol–water partition coefficient (Wildman–Crippen LogP) is 0.735. The summed E-state index contributed by atoms with van der Waals surface area (Å²) in [6.45, 7) is 2.55. The number of benzene rings is 1. The molecule has 0 bridgehead atoms. The van der Waals surface area contributed by atoms with Gasteiger partial charge in [-0.2, -0.15) is 4.99 Å². The van der Waals surface area contributed by atoms with E-state index in [-0.39, 0.29) is 5.96 Å². The van der Waals surface area contributed by atoms with Crippen molar-refractivity contribution in [2.45, 2.75) is 6.92 Å². The molecule has 0 fully saturated rings. The third-order valence-electron chi connectivity index (χ3n) is 1.89. The maximum atomic E-state index is 5.34. The molecule has 1 aromatic carbocycles. The number of ether oxygens (including phenoxy) is 1. The maximum Gasteiger partial charge on any atom is 0.192 e. The Hall–Kier alpha value is -2.04. The van der Waals surface area contributed by atoms with E-state index in [1.807, 2.05) is 31.2 Å². The van der Waals surface area contributed by atoms with Gasteiger partial charge in [0, 0.05) is 12.1 Å². The topological polar surface area (TPSA) is 86.0 Å². The summed E-state index contributed by atoms with van der Waals surface area (Å²) in [7, 11) is 1.62. The molecule has 0 saturated heterocycles. The predicted molar refractivity (Wildman–Crippen MR) is 65.9 cm³/mol. The van der Waals surface area contributed by atoms with Crippen LogP contribution in [0.3, 0.4) is 0 Å². The van der Waals surface area contributed by atoms with Crippen molar-refractivity contribution in [3.8, 4) is 5.75 Å². The van der Waals surface area contributed by atoms with Gasteiger partial charge in [-0.05, 0) is 31.2 Å². The van der Waals surface area contributed by atoms with Crippen LogP contribution in [0.5, 0.6) is 5.75 Å². The molecule has 1 aromatic rings. The summed E-state index contributed by atoms with van der Waals surface area (Å²) in [5, 5.41) is 0. The molecule has 16 heavy (non-hydrogen) atoms. The van der Waals surface area contributed by atoms with Crippen molar-refractivity contribution in [3.05, 3.63) is 29.8 Å². The van der Waals surface area contributed by atoms with Crippen LogP contribution in [0.1, 0.15) is 12.5 Å². The summed E-state index contributed by atoms with van der Waals surface area (Å²) in [4.78, 5) is 8.19. The van der Waals surface area contributed by atoms with Gasteiger partial charge in [0.15, 0.2) is 11.8 Å². The Kier molecular flexibility index (Phi) is 4.32. The van der Waals surface area contributed by atoms with E-state index in [9.17, 15) is 0 Å². The lowest BCUT2D eigenvalue weighted by atomic mass is 10.2. The maximum absolute atomic E-state index is 5.34. The zero-order valence-corrected chi connectivity index (χ0v) is 9.47. The minimum atomic E-state index is 0.00279. The van der Waals surface area contributed by atoms with Crippen LogP contribution in [-0.2, 0) is 0 Å². The number of aliphatic imine (C=N–C) groups is 2. The lowest BCUT2D eigenvalue weighted by Crippen LogP contribution is -2.24. The third kappa shape index (κ3) is 3.27. The van der Waals surface area contributed by atoms with Crippen molar-refractivity contribution in [3.63, 3.8) is 0 Å². The van der Waals surface area contributed by atoms with E-state index in [2.05, 4.69) is 9.98 Å².